The molecule has 0 saturated carbocycles. The van der Waals surface area contributed by atoms with Crippen LogP contribution in [0.25, 0.3) is 6.08 Å². The number of hydrogen-bond acceptors (Lipinski definition) is 2. The van der Waals surface area contributed by atoms with E-state index in [0.29, 0.717) is 13.0 Å². The van der Waals surface area contributed by atoms with Crippen LogP contribution in [0.2, 0.25) is 0 Å². The second-order valence-corrected chi connectivity index (χ2v) is 5.70. The number of fused-ring (bicyclic) bond motifs is 1. The van der Waals surface area contributed by atoms with Crippen LogP contribution >= 0.6 is 0 Å². The molecule has 0 spiro atoms. The number of carbonyl (C=O) groups excluding carboxylic acids is 2. The molecule has 24 heavy (non-hydrogen) atoms. The van der Waals surface area contributed by atoms with Gasteiger partial charge in [-0.15, -0.1) is 0 Å². The van der Waals surface area contributed by atoms with E-state index >= 15 is 0 Å². The van der Waals surface area contributed by atoms with E-state index in [0.717, 1.165) is 16.8 Å². The van der Waals surface area contributed by atoms with E-state index in [4.69, 9.17) is 0 Å². The van der Waals surface area contributed by atoms with Crippen molar-refractivity contribution in [1.29, 1.82) is 0 Å². The SMILES string of the molecule is CCNC(=O)C1Cc2ccccc2N1C(=O)/C=C/c1ccccc1. The van der Waals surface area contributed by atoms with Crippen molar-refractivity contribution in [3.63, 3.8) is 0 Å². The minimum atomic E-state index is -0.490. The van der Waals surface area contributed by atoms with Gasteiger partial charge in [-0.1, -0.05) is 48.5 Å². The molecule has 1 aliphatic rings. The fourth-order valence-corrected chi connectivity index (χ4v) is 2.97. The number of amides is 2. The van der Waals surface area contributed by atoms with Gasteiger partial charge in [-0.2, -0.15) is 0 Å². The fourth-order valence-electron chi connectivity index (χ4n) is 2.97. The van der Waals surface area contributed by atoms with Crippen molar-refractivity contribution in [2.45, 2.75) is 19.4 Å². The molecular formula is C20H20N2O2. The van der Waals surface area contributed by atoms with Crippen molar-refractivity contribution in [3.05, 3.63) is 71.8 Å². The number of para-hydroxylation sites is 1. The number of benzene rings is 2. The van der Waals surface area contributed by atoms with Crippen molar-refractivity contribution >= 4 is 23.6 Å². The molecule has 0 fully saturated rings. The van der Waals surface area contributed by atoms with Gasteiger partial charge >= 0.3 is 0 Å². The molecule has 0 aromatic heterocycles. The van der Waals surface area contributed by atoms with Gasteiger partial charge in [-0.3, -0.25) is 14.5 Å². The zero-order valence-electron chi connectivity index (χ0n) is 13.6. The topological polar surface area (TPSA) is 49.4 Å². The third kappa shape index (κ3) is 3.23. The van der Waals surface area contributed by atoms with Gasteiger partial charge in [-0.05, 0) is 30.2 Å². The lowest BCUT2D eigenvalue weighted by Crippen LogP contribution is -2.47. The Hall–Kier alpha value is -2.88. The van der Waals surface area contributed by atoms with E-state index in [1.54, 1.807) is 11.0 Å². The van der Waals surface area contributed by atoms with Crippen LogP contribution in [0.3, 0.4) is 0 Å². The van der Waals surface area contributed by atoms with Crippen molar-refractivity contribution in [2.75, 3.05) is 11.4 Å². The van der Waals surface area contributed by atoms with Crippen molar-refractivity contribution in [1.82, 2.24) is 5.32 Å². The third-order valence-corrected chi connectivity index (χ3v) is 4.09. The van der Waals surface area contributed by atoms with Crippen LogP contribution in [-0.4, -0.2) is 24.4 Å². The van der Waals surface area contributed by atoms with Crippen LogP contribution < -0.4 is 10.2 Å². The number of rotatable bonds is 4. The summed E-state index contributed by atoms with van der Waals surface area (Å²) in [7, 11) is 0. The molecule has 3 rings (SSSR count). The second-order valence-electron chi connectivity index (χ2n) is 5.70. The fraction of sp³-hybridized carbons (Fsp3) is 0.200. The van der Waals surface area contributed by atoms with E-state index in [2.05, 4.69) is 5.32 Å². The van der Waals surface area contributed by atoms with Gasteiger partial charge in [0.25, 0.3) is 5.91 Å². The monoisotopic (exact) mass is 320 g/mol. The molecule has 1 atom stereocenters. The first-order valence-electron chi connectivity index (χ1n) is 8.12. The normalized spacial score (nSPS) is 16.2. The standard InChI is InChI=1S/C20H20N2O2/c1-2-21-20(24)18-14-16-10-6-7-11-17(16)22(18)19(23)13-12-15-8-4-3-5-9-15/h3-13,18H,2,14H2,1H3,(H,21,24)/b13-12+. The highest BCUT2D eigenvalue weighted by atomic mass is 16.2. The van der Waals surface area contributed by atoms with Gasteiger partial charge in [0, 0.05) is 24.7 Å². The molecular weight excluding hydrogens is 300 g/mol. The Kier molecular flexibility index (Phi) is 4.75. The Morgan fingerprint density at radius 1 is 1.12 bits per heavy atom. The van der Waals surface area contributed by atoms with E-state index < -0.39 is 6.04 Å². The lowest BCUT2D eigenvalue weighted by molar-refractivity contribution is -0.124. The van der Waals surface area contributed by atoms with Crippen LogP contribution in [0.1, 0.15) is 18.1 Å². The zero-order valence-corrected chi connectivity index (χ0v) is 13.6. The van der Waals surface area contributed by atoms with E-state index in [1.165, 1.54) is 6.08 Å². The van der Waals surface area contributed by atoms with Gasteiger partial charge in [0.05, 0.1) is 0 Å². The Labute approximate surface area is 141 Å². The maximum Gasteiger partial charge on any atom is 0.251 e. The molecule has 1 heterocycles. The summed E-state index contributed by atoms with van der Waals surface area (Å²) in [5.74, 6) is -0.296. The summed E-state index contributed by atoms with van der Waals surface area (Å²) in [6, 6.07) is 16.8. The molecule has 4 heteroatoms. The maximum absolute atomic E-state index is 12.8. The Morgan fingerprint density at radius 2 is 1.83 bits per heavy atom. The minimum Gasteiger partial charge on any atom is -0.355 e. The molecule has 0 aliphatic carbocycles. The zero-order chi connectivity index (χ0) is 16.9. The smallest absolute Gasteiger partial charge is 0.251 e. The Morgan fingerprint density at radius 3 is 2.58 bits per heavy atom. The van der Waals surface area contributed by atoms with E-state index in [-0.39, 0.29) is 11.8 Å². The molecule has 4 nitrogen and oxygen atoms in total. The molecule has 0 radical (unpaired) electrons. The Balaban J connectivity index is 1.88. The second kappa shape index (κ2) is 7.13. The molecule has 1 aliphatic heterocycles. The van der Waals surface area contributed by atoms with E-state index in [1.807, 2.05) is 61.5 Å². The van der Waals surface area contributed by atoms with Crippen LogP contribution in [-0.2, 0) is 16.0 Å². The predicted octanol–water partition coefficient (Wildman–Crippen LogP) is 2.79. The summed E-state index contributed by atoms with van der Waals surface area (Å²) in [6.45, 7) is 2.43. The van der Waals surface area contributed by atoms with Crippen LogP contribution in [0.4, 0.5) is 5.69 Å². The summed E-state index contributed by atoms with van der Waals surface area (Å²) in [5.41, 5.74) is 2.79. The summed E-state index contributed by atoms with van der Waals surface area (Å²) in [6.07, 6.45) is 3.86. The number of nitrogens with one attached hydrogen (secondary N) is 1. The van der Waals surface area contributed by atoms with Gasteiger partial charge < -0.3 is 5.32 Å². The minimum absolute atomic E-state index is 0.116. The highest BCUT2D eigenvalue weighted by molar-refractivity contribution is 6.09. The molecule has 2 aromatic rings. The molecule has 0 saturated heterocycles. The molecule has 1 N–H and O–H groups in total. The third-order valence-electron chi connectivity index (χ3n) is 4.09. The summed E-state index contributed by atoms with van der Waals surface area (Å²) >= 11 is 0. The molecule has 2 aromatic carbocycles. The predicted molar refractivity (Wildman–Crippen MR) is 95.6 cm³/mol. The summed E-state index contributed by atoms with van der Waals surface area (Å²) in [5, 5.41) is 2.82. The molecule has 0 bridgehead atoms. The average molecular weight is 320 g/mol. The highest BCUT2D eigenvalue weighted by Crippen LogP contribution is 2.32. The van der Waals surface area contributed by atoms with Gasteiger partial charge in [0.15, 0.2) is 0 Å². The average Bonchev–Trinajstić information content (AvgIpc) is 3.00. The van der Waals surface area contributed by atoms with Crippen molar-refractivity contribution < 1.29 is 9.59 Å². The largest absolute Gasteiger partial charge is 0.355 e. The molecule has 2 amide bonds. The first kappa shape index (κ1) is 16.0. The Bertz CT molecular complexity index is 768. The van der Waals surface area contributed by atoms with Crippen LogP contribution in [0.5, 0.6) is 0 Å². The highest BCUT2D eigenvalue weighted by Gasteiger charge is 2.36. The van der Waals surface area contributed by atoms with Crippen molar-refractivity contribution in [3.8, 4) is 0 Å². The number of nitrogens with zero attached hydrogens (tertiary/aromatic N) is 1. The van der Waals surface area contributed by atoms with Gasteiger partial charge in [0.2, 0.25) is 5.91 Å². The molecule has 1 unspecified atom stereocenters. The van der Waals surface area contributed by atoms with Crippen LogP contribution in [0.15, 0.2) is 60.7 Å². The van der Waals surface area contributed by atoms with E-state index in [9.17, 15) is 9.59 Å². The van der Waals surface area contributed by atoms with Crippen LogP contribution in [0, 0.1) is 0 Å². The first-order chi connectivity index (χ1) is 11.7. The van der Waals surface area contributed by atoms with Gasteiger partial charge in [0.1, 0.15) is 6.04 Å². The lowest BCUT2D eigenvalue weighted by Gasteiger charge is -2.23. The lowest BCUT2D eigenvalue weighted by atomic mass is 10.1. The summed E-state index contributed by atoms with van der Waals surface area (Å²) in [4.78, 5) is 26.7. The summed E-state index contributed by atoms with van der Waals surface area (Å²) < 4.78 is 0. The quantitative estimate of drug-likeness (QED) is 0.881. The number of likely N-dealkylation sites (N-methyl/N-ethyl adjacent to an activating group) is 1. The molecule has 122 valence electrons. The number of anilines is 1. The number of hydrogen-bond donors (Lipinski definition) is 1. The number of carbonyl (C=O) groups is 2. The van der Waals surface area contributed by atoms with Crippen molar-refractivity contribution in [2.24, 2.45) is 0 Å². The van der Waals surface area contributed by atoms with Gasteiger partial charge in [-0.25, -0.2) is 0 Å². The maximum atomic E-state index is 12.8. The first-order valence-corrected chi connectivity index (χ1v) is 8.12.